The number of carbonyl (C=O) groups excluding carboxylic acids is 2. The van der Waals surface area contributed by atoms with E-state index in [0.29, 0.717) is 26.3 Å². The molecule has 0 saturated carbocycles. The van der Waals surface area contributed by atoms with Gasteiger partial charge in [-0.25, -0.2) is 9.78 Å². The lowest BCUT2D eigenvalue weighted by atomic mass is 10.2. The molecule has 1 amide bonds. The number of morpholine rings is 1. The van der Waals surface area contributed by atoms with Crippen molar-refractivity contribution in [2.24, 2.45) is 0 Å². The monoisotopic (exact) mass is 332 g/mol. The van der Waals surface area contributed by atoms with Crippen molar-refractivity contribution in [3.8, 4) is 10.6 Å². The van der Waals surface area contributed by atoms with Crippen LogP contribution in [0, 0.1) is 0 Å². The van der Waals surface area contributed by atoms with Gasteiger partial charge in [-0.15, -0.1) is 11.3 Å². The van der Waals surface area contributed by atoms with Gasteiger partial charge in [0, 0.05) is 24.0 Å². The Labute approximate surface area is 137 Å². The maximum Gasteiger partial charge on any atom is 0.358 e. The minimum absolute atomic E-state index is 0.208. The van der Waals surface area contributed by atoms with Gasteiger partial charge in [-0.1, -0.05) is 30.3 Å². The molecule has 1 aliphatic heterocycles. The average Bonchev–Trinajstić information content (AvgIpc) is 3.11. The molecule has 1 aliphatic rings. The number of amides is 1. The Bertz CT molecular complexity index is 680. The number of rotatable bonds is 4. The first kappa shape index (κ1) is 15.6. The van der Waals surface area contributed by atoms with Gasteiger partial charge in [-0.3, -0.25) is 4.79 Å². The molecule has 0 bridgehead atoms. The molecule has 1 fully saturated rings. The van der Waals surface area contributed by atoms with Gasteiger partial charge in [0.25, 0.3) is 5.91 Å². The Morgan fingerprint density at radius 3 is 2.70 bits per heavy atom. The number of benzene rings is 1. The number of esters is 1. The summed E-state index contributed by atoms with van der Waals surface area (Å²) >= 11 is 1.37. The fourth-order valence-corrected chi connectivity index (χ4v) is 2.98. The Kier molecular flexibility index (Phi) is 4.99. The minimum Gasteiger partial charge on any atom is -0.451 e. The lowest BCUT2D eigenvalue weighted by Crippen LogP contribution is -2.42. The number of aromatic nitrogens is 1. The van der Waals surface area contributed by atoms with Gasteiger partial charge in [0.2, 0.25) is 0 Å². The third kappa shape index (κ3) is 3.94. The van der Waals surface area contributed by atoms with Crippen LogP contribution in [0.4, 0.5) is 0 Å². The predicted molar refractivity (Wildman–Crippen MR) is 85.2 cm³/mol. The van der Waals surface area contributed by atoms with Gasteiger partial charge in [-0.05, 0) is 0 Å². The first-order chi connectivity index (χ1) is 11.2. The van der Waals surface area contributed by atoms with Crippen molar-refractivity contribution in [1.82, 2.24) is 9.88 Å². The molecule has 1 aromatic carbocycles. The molecule has 3 rings (SSSR count). The summed E-state index contributed by atoms with van der Waals surface area (Å²) in [5.41, 5.74) is 1.17. The number of hydrogen-bond donors (Lipinski definition) is 0. The average molecular weight is 332 g/mol. The normalized spacial score (nSPS) is 14.5. The lowest BCUT2D eigenvalue weighted by Gasteiger charge is -2.26. The van der Waals surface area contributed by atoms with Crippen LogP contribution in [-0.4, -0.2) is 54.7 Å². The van der Waals surface area contributed by atoms with E-state index in [1.54, 1.807) is 10.3 Å². The summed E-state index contributed by atoms with van der Waals surface area (Å²) in [7, 11) is 0. The van der Waals surface area contributed by atoms with Crippen molar-refractivity contribution in [1.29, 1.82) is 0 Å². The molecule has 0 aliphatic carbocycles. The fraction of sp³-hybridized carbons (Fsp3) is 0.312. The highest BCUT2D eigenvalue weighted by molar-refractivity contribution is 7.13. The summed E-state index contributed by atoms with van der Waals surface area (Å²) in [6.45, 7) is 1.84. The molecular weight excluding hydrogens is 316 g/mol. The Hall–Kier alpha value is -2.25. The second kappa shape index (κ2) is 7.34. The predicted octanol–water partition coefficient (Wildman–Crippen LogP) is 1.83. The third-order valence-electron chi connectivity index (χ3n) is 3.42. The summed E-state index contributed by atoms with van der Waals surface area (Å²) in [5.74, 6) is -0.787. The van der Waals surface area contributed by atoms with Crippen LogP contribution in [0.3, 0.4) is 0 Å². The van der Waals surface area contributed by atoms with Crippen LogP contribution < -0.4 is 0 Å². The van der Waals surface area contributed by atoms with Crippen molar-refractivity contribution in [2.75, 3.05) is 32.9 Å². The van der Waals surface area contributed by atoms with E-state index in [4.69, 9.17) is 9.47 Å². The number of thiazole rings is 1. The van der Waals surface area contributed by atoms with Crippen LogP contribution in [0.15, 0.2) is 35.7 Å². The van der Waals surface area contributed by atoms with Crippen LogP contribution in [0.5, 0.6) is 0 Å². The van der Waals surface area contributed by atoms with Gasteiger partial charge in [0.15, 0.2) is 12.3 Å². The van der Waals surface area contributed by atoms with E-state index in [2.05, 4.69) is 4.98 Å². The Balaban J connectivity index is 1.56. The highest BCUT2D eigenvalue weighted by Crippen LogP contribution is 2.23. The number of ether oxygens (including phenoxy) is 2. The van der Waals surface area contributed by atoms with Crippen molar-refractivity contribution in [3.63, 3.8) is 0 Å². The van der Waals surface area contributed by atoms with Gasteiger partial charge in [0.05, 0.1) is 13.2 Å². The molecule has 2 heterocycles. The topological polar surface area (TPSA) is 68.7 Å². The molecule has 120 valence electrons. The number of hydrogen-bond acceptors (Lipinski definition) is 6. The van der Waals surface area contributed by atoms with Crippen molar-refractivity contribution < 1.29 is 19.1 Å². The van der Waals surface area contributed by atoms with E-state index in [1.165, 1.54) is 11.3 Å². The smallest absolute Gasteiger partial charge is 0.358 e. The first-order valence-corrected chi connectivity index (χ1v) is 8.15. The van der Waals surface area contributed by atoms with E-state index in [-0.39, 0.29) is 18.2 Å². The quantitative estimate of drug-likeness (QED) is 0.799. The summed E-state index contributed by atoms with van der Waals surface area (Å²) in [4.78, 5) is 29.8. The van der Waals surface area contributed by atoms with Crippen molar-refractivity contribution >= 4 is 23.2 Å². The van der Waals surface area contributed by atoms with E-state index in [0.717, 1.165) is 10.6 Å². The van der Waals surface area contributed by atoms with Crippen LogP contribution in [0.2, 0.25) is 0 Å². The zero-order chi connectivity index (χ0) is 16.1. The van der Waals surface area contributed by atoms with Gasteiger partial charge in [-0.2, -0.15) is 0 Å². The lowest BCUT2D eigenvalue weighted by molar-refractivity contribution is -0.138. The first-order valence-electron chi connectivity index (χ1n) is 7.27. The SMILES string of the molecule is O=C(OCC(=O)N1CCOCC1)c1csc(-c2ccccc2)n1. The van der Waals surface area contributed by atoms with Crippen LogP contribution in [-0.2, 0) is 14.3 Å². The summed E-state index contributed by atoms with van der Waals surface area (Å²) in [5, 5.41) is 2.39. The zero-order valence-electron chi connectivity index (χ0n) is 12.4. The molecule has 0 atom stereocenters. The molecule has 0 unspecified atom stereocenters. The second-order valence-electron chi connectivity index (χ2n) is 4.97. The Morgan fingerprint density at radius 2 is 1.96 bits per heavy atom. The van der Waals surface area contributed by atoms with Crippen molar-refractivity contribution in [3.05, 3.63) is 41.4 Å². The molecule has 0 N–H and O–H groups in total. The van der Waals surface area contributed by atoms with Gasteiger partial charge < -0.3 is 14.4 Å². The Morgan fingerprint density at radius 1 is 1.22 bits per heavy atom. The van der Waals surface area contributed by atoms with Crippen LogP contribution >= 0.6 is 11.3 Å². The fourth-order valence-electron chi connectivity index (χ4n) is 2.19. The number of nitrogens with zero attached hydrogens (tertiary/aromatic N) is 2. The van der Waals surface area contributed by atoms with Gasteiger partial charge >= 0.3 is 5.97 Å². The highest BCUT2D eigenvalue weighted by Gasteiger charge is 2.20. The largest absolute Gasteiger partial charge is 0.451 e. The molecule has 0 spiro atoms. The van der Waals surface area contributed by atoms with E-state index < -0.39 is 5.97 Å². The van der Waals surface area contributed by atoms with Gasteiger partial charge in [0.1, 0.15) is 5.01 Å². The molecule has 0 radical (unpaired) electrons. The molecule has 23 heavy (non-hydrogen) atoms. The second-order valence-corrected chi connectivity index (χ2v) is 5.83. The van der Waals surface area contributed by atoms with E-state index in [1.807, 2.05) is 30.3 Å². The maximum atomic E-state index is 12.0. The molecule has 6 nitrogen and oxygen atoms in total. The standard InChI is InChI=1S/C16H16N2O4S/c19-14(18-6-8-21-9-7-18)10-22-16(20)13-11-23-15(17-13)12-4-2-1-3-5-12/h1-5,11H,6-10H2. The van der Waals surface area contributed by atoms with Crippen LogP contribution in [0.25, 0.3) is 10.6 Å². The summed E-state index contributed by atoms with van der Waals surface area (Å²) in [6, 6.07) is 9.60. The van der Waals surface area contributed by atoms with Crippen molar-refractivity contribution in [2.45, 2.75) is 0 Å². The van der Waals surface area contributed by atoms with E-state index in [9.17, 15) is 9.59 Å². The zero-order valence-corrected chi connectivity index (χ0v) is 13.3. The molecule has 1 aromatic heterocycles. The summed E-state index contributed by atoms with van der Waals surface area (Å²) in [6.07, 6.45) is 0. The molecule has 1 saturated heterocycles. The van der Waals surface area contributed by atoms with E-state index >= 15 is 0 Å². The third-order valence-corrected chi connectivity index (χ3v) is 4.32. The highest BCUT2D eigenvalue weighted by atomic mass is 32.1. The molecule has 2 aromatic rings. The molecular formula is C16H16N2O4S. The van der Waals surface area contributed by atoms with Crippen LogP contribution in [0.1, 0.15) is 10.5 Å². The molecule has 7 heteroatoms. The maximum absolute atomic E-state index is 12.0. The number of carbonyl (C=O) groups is 2. The minimum atomic E-state index is -0.579. The summed E-state index contributed by atoms with van der Waals surface area (Å²) < 4.78 is 10.2.